The van der Waals surface area contributed by atoms with Crippen LogP contribution in [0.2, 0.25) is 0 Å². The molecule has 0 fully saturated rings. The average Bonchev–Trinajstić information content (AvgIpc) is 2.70. The second kappa shape index (κ2) is 8.30. The van der Waals surface area contributed by atoms with Crippen molar-refractivity contribution in [3.63, 3.8) is 0 Å². The zero-order chi connectivity index (χ0) is 18.4. The van der Waals surface area contributed by atoms with E-state index in [4.69, 9.17) is 0 Å². The Morgan fingerprint density at radius 3 is 2.23 bits per heavy atom. The molecule has 0 unspecified atom stereocenters. The van der Waals surface area contributed by atoms with E-state index in [2.05, 4.69) is 42.0 Å². The first-order chi connectivity index (χ1) is 12.7. The number of hydrogen-bond donors (Lipinski definition) is 2. The van der Waals surface area contributed by atoms with Crippen LogP contribution in [0.25, 0.3) is 10.8 Å². The Labute approximate surface area is 153 Å². The van der Waals surface area contributed by atoms with Gasteiger partial charge in [-0.25, -0.2) is 0 Å². The van der Waals surface area contributed by atoms with Gasteiger partial charge in [-0.3, -0.25) is 20.4 Å². The molecule has 132 valence electrons. The Balaban J connectivity index is 1.49. The van der Waals surface area contributed by atoms with Crippen LogP contribution in [0.1, 0.15) is 34.8 Å². The Morgan fingerprint density at radius 1 is 0.808 bits per heavy atom. The van der Waals surface area contributed by atoms with Gasteiger partial charge in [-0.15, -0.1) is 0 Å². The van der Waals surface area contributed by atoms with Gasteiger partial charge in [-0.2, -0.15) is 0 Å². The topological polar surface area (TPSA) is 58.2 Å². The molecule has 3 aromatic carbocycles. The Morgan fingerprint density at radius 2 is 1.50 bits per heavy atom. The minimum Gasteiger partial charge on any atom is -0.273 e. The van der Waals surface area contributed by atoms with Crippen molar-refractivity contribution in [1.29, 1.82) is 0 Å². The maximum Gasteiger partial charge on any atom is 0.269 e. The van der Waals surface area contributed by atoms with E-state index < -0.39 is 0 Å². The molecule has 0 radical (unpaired) electrons. The largest absolute Gasteiger partial charge is 0.273 e. The molecular formula is C22H22N2O2. The molecule has 0 atom stereocenters. The molecule has 0 aliphatic carbocycles. The van der Waals surface area contributed by atoms with Gasteiger partial charge in [-0.05, 0) is 46.9 Å². The Bertz CT molecular complexity index is 917. The van der Waals surface area contributed by atoms with Crippen molar-refractivity contribution in [1.82, 2.24) is 10.9 Å². The van der Waals surface area contributed by atoms with Crippen LogP contribution >= 0.6 is 0 Å². The monoisotopic (exact) mass is 346 g/mol. The molecule has 4 heteroatoms. The molecule has 0 bridgehead atoms. The number of hydrazine groups is 1. The summed E-state index contributed by atoms with van der Waals surface area (Å²) in [7, 11) is 0. The first kappa shape index (κ1) is 17.7. The minimum absolute atomic E-state index is 0.211. The van der Waals surface area contributed by atoms with Crippen LogP contribution in [0.3, 0.4) is 0 Å². The molecule has 4 nitrogen and oxygen atoms in total. The highest BCUT2D eigenvalue weighted by molar-refractivity contribution is 5.95. The lowest BCUT2D eigenvalue weighted by molar-refractivity contribution is -0.121. The highest BCUT2D eigenvalue weighted by Crippen LogP contribution is 2.16. The lowest BCUT2D eigenvalue weighted by atomic mass is 10.0. The molecule has 0 aliphatic heterocycles. The van der Waals surface area contributed by atoms with Crippen LogP contribution in [0, 0.1) is 0 Å². The third kappa shape index (κ3) is 4.48. The van der Waals surface area contributed by atoms with Crippen molar-refractivity contribution in [2.24, 2.45) is 0 Å². The number of rotatable bonds is 5. The third-order valence-electron chi connectivity index (χ3n) is 4.39. The van der Waals surface area contributed by atoms with Crippen molar-refractivity contribution in [2.45, 2.75) is 26.2 Å². The van der Waals surface area contributed by atoms with Gasteiger partial charge in [-0.1, -0.05) is 61.5 Å². The van der Waals surface area contributed by atoms with Crippen LogP contribution in [0.5, 0.6) is 0 Å². The van der Waals surface area contributed by atoms with Gasteiger partial charge in [0.1, 0.15) is 0 Å². The zero-order valence-electron chi connectivity index (χ0n) is 14.8. The molecule has 0 spiro atoms. The number of benzene rings is 3. The summed E-state index contributed by atoms with van der Waals surface area (Å²) in [6.45, 7) is 2.06. The van der Waals surface area contributed by atoms with E-state index in [1.807, 2.05) is 30.3 Å². The first-order valence-corrected chi connectivity index (χ1v) is 8.81. The van der Waals surface area contributed by atoms with E-state index in [1.54, 1.807) is 12.1 Å². The zero-order valence-corrected chi connectivity index (χ0v) is 14.8. The number of nitrogens with one attached hydrogen (secondary N) is 2. The van der Waals surface area contributed by atoms with E-state index in [-0.39, 0.29) is 11.8 Å². The molecule has 0 saturated heterocycles. The maximum absolute atomic E-state index is 12.0. The van der Waals surface area contributed by atoms with Gasteiger partial charge in [0.2, 0.25) is 5.91 Å². The molecule has 0 aromatic heterocycles. The summed E-state index contributed by atoms with van der Waals surface area (Å²) in [6.07, 6.45) is 1.86. The molecule has 3 aromatic rings. The predicted molar refractivity (Wildman–Crippen MR) is 104 cm³/mol. The van der Waals surface area contributed by atoms with Crippen molar-refractivity contribution in [2.75, 3.05) is 0 Å². The fourth-order valence-corrected chi connectivity index (χ4v) is 2.81. The quantitative estimate of drug-likeness (QED) is 0.691. The molecule has 2 N–H and O–H groups in total. The van der Waals surface area contributed by atoms with Crippen LogP contribution in [-0.2, 0) is 17.6 Å². The normalized spacial score (nSPS) is 10.5. The first-order valence-electron chi connectivity index (χ1n) is 8.81. The summed E-state index contributed by atoms with van der Waals surface area (Å²) >= 11 is 0. The van der Waals surface area contributed by atoms with Gasteiger partial charge in [0, 0.05) is 12.0 Å². The summed E-state index contributed by atoms with van der Waals surface area (Å²) < 4.78 is 0. The number of carbonyl (C=O) groups is 2. The van der Waals surface area contributed by atoms with Gasteiger partial charge < -0.3 is 0 Å². The molecule has 0 heterocycles. The van der Waals surface area contributed by atoms with Crippen molar-refractivity contribution in [3.8, 4) is 0 Å². The lowest BCUT2D eigenvalue weighted by Gasteiger charge is -2.08. The standard InChI is InChI=1S/C22H22N2O2/c1-2-16-7-12-19(13-8-16)22(26)24-23-21(25)14-10-17-9-11-18-5-3-4-6-20(18)15-17/h3-9,11-13,15H,2,10,14H2,1H3,(H,23,25)(H,24,26). The summed E-state index contributed by atoms with van der Waals surface area (Å²) in [5.74, 6) is -0.525. The number of hydrogen-bond acceptors (Lipinski definition) is 2. The minimum atomic E-state index is -0.313. The van der Waals surface area contributed by atoms with E-state index >= 15 is 0 Å². The summed E-state index contributed by atoms with van der Waals surface area (Å²) in [4.78, 5) is 24.0. The van der Waals surface area contributed by atoms with Gasteiger partial charge >= 0.3 is 0 Å². The van der Waals surface area contributed by atoms with E-state index in [9.17, 15) is 9.59 Å². The third-order valence-corrected chi connectivity index (χ3v) is 4.39. The number of aryl methyl sites for hydroxylation is 2. The fourth-order valence-electron chi connectivity index (χ4n) is 2.81. The molecule has 2 amide bonds. The maximum atomic E-state index is 12.0. The predicted octanol–water partition coefficient (Wildman–Crippen LogP) is 3.80. The SMILES string of the molecule is CCc1ccc(C(=O)NNC(=O)CCc2ccc3ccccc3c2)cc1. The number of fused-ring (bicyclic) bond motifs is 1. The molecule has 3 rings (SSSR count). The van der Waals surface area contributed by atoms with Crippen molar-refractivity contribution < 1.29 is 9.59 Å². The van der Waals surface area contributed by atoms with Crippen LogP contribution < -0.4 is 10.9 Å². The highest BCUT2D eigenvalue weighted by atomic mass is 16.2. The highest BCUT2D eigenvalue weighted by Gasteiger charge is 2.08. The van der Waals surface area contributed by atoms with E-state index in [0.29, 0.717) is 18.4 Å². The second-order valence-electron chi connectivity index (χ2n) is 6.23. The summed E-state index contributed by atoms with van der Waals surface area (Å²) in [5, 5.41) is 2.34. The Hall–Kier alpha value is -3.14. The molecule has 26 heavy (non-hydrogen) atoms. The smallest absolute Gasteiger partial charge is 0.269 e. The summed E-state index contributed by atoms with van der Waals surface area (Å²) in [5.41, 5.74) is 7.73. The van der Waals surface area contributed by atoms with Crippen molar-refractivity contribution in [3.05, 3.63) is 83.4 Å². The lowest BCUT2D eigenvalue weighted by Crippen LogP contribution is -2.41. The van der Waals surface area contributed by atoms with Gasteiger partial charge in [0.15, 0.2) is 0 Å². The van der Waals surface area contributed by atoms with E-state index in [0.717, 1.165) is 17.4 Å². The van der Waals surface area contributed by atoms with Crippen LogP contribution in [0.15, 0.2) is 66.7 Å². The van der Waals surface area contributed by atoms with Gasteiger partial charge in [0.25, 0.3) is 5.91 Å². The second-order valence-corrected chi connectivity index (χ2v) is 6.23. The molecule has 0 saturated carbocycles. The van der Waals surface area contributed by atoms with Crippen molar-refractivity contribution >= 4 is 22.6 Å². The van der Waals surface area contributed by atoms with Crippen LogP contribution in [0.4, 0.5) is 0 Å². The molecular weight excluding hydrogens is 324 g/mol. The fraction of sp³-hybridized carbons (Fsp3) is 0.182. The Kier molecular flexibility index (Phi) is 5.64. The van der Waals surface area contributed by atoms with E-state index in [1.165, 1.54) is 10.9 Å². The van der Waals surface area contributed by atoms with Gasteiger partial charge in [0.05, 0.1) is 0 Å². The number of amides is 2. The average molecular weight is 346 g/mol. The van der Waals surface area contributed by atoms with Crippen LogP contribution in [-0.4, -0.2) is 11.8 Å². The number of carbonyl (C=O) groups excluding carboxylic acids is 2. The summed E-state index contributed by atoms with van der Waals surface area (Å²) in [6, 6.07) is 21.7. The molecule has 0 aliphatic rings.